The molecule has 0 saturated carbocycles. The molecule has 12 rings (SSSR count). The minimum atomic E-state index is -0.281. The van der Waals surface area contributed by atoms with Gasteiger partial charge in [-0.2, -0.15) is 0 Å². The smallest absolute Gasteiger partial charge is 0.152 e. The maximum absolute atomic E-state index is 6.67. The lowest BCUT2D eigenvalue weighted by Crippen LogP contribution is -2.33. The maximum Gasteiger partial charge on any atom is 0.152 e. The zero-order valence-electron chi connectivity index (χ0n) is 34.8. The first-order valence-electron chi connectivity index (χ1n) is 21.3. The highest BCUT2D eigenvalue weighted by Gasteiger charge is 2.43. The molecule has 0 N–H and O–H groups in total. The van der Waals surface area contributed by atoms with Crippen molar-refractivity contribution < 1.29 is 4.74 Å². The fourth-order valence-electron chi connectivity index (χ4n) is 10.6. The fourth-order valence-corrected chi connectivity index (χ4v) is 10.6. The van der Waals surface area contributed by atoms with Crippen LogP contribution >= 0.6 is 0 Å². The van der Waals surface area contributed by atoms with Gasteiger partial charge in [0.05, 0.1) is 17.1 Å². The number of fused-ring (bicyclic) bond motifs is 9. The third-order valence-electron chi connectivity index (χ3n) is 13.6. The molecule has 1 aliphatic carbocycles. The topological polar surface area (TPSA) is 15.7 Å². The van der Waals surface area contributed by atoms with Crippen molar-refractivity contribution in [1.29, 1.82) is 0 Å². The monoisotopic (exact) mass is 784 g/mol. The summed E-state index contributed by atoms with van der Waals surface area (Å²) in [6.45, 7) is 9.41. The molecule has 3 heteroatoms. The Morgan fingerprint density at radius 1 is 0.410 bits per heavy atom. The molecule has 0 fully saturated rings. The van der Waals surface area contributed by atoms with E-state index in [1.54, 1.807) is 0 Å². The molecule has 292 valence electrons. The van der Waals surface area contributed by atoms with Gasteiger partial charge in [0.2, 0.25) is 0 Å². The first kappa shape index (κ1) is 35.6. The molecule has 9 aromatic carbocycles. The Bertz CT molecular complexity index is 3220. The Hall–Kier alpha value is -7.36. The van der Waals surface area contributed by atoms with Crippen LogP contribution in [0.25, 0.3) is 44.2 Å². The van der Waals surface area contributed by atoms with Crippen LogP contribution in [-0.2, 0) is 10.8 Å². The van der Waals surface area contributed by atoms with Gasteiger partial charge in [-0.25, -0.2) is 0 Å². The van der Waals surface area contributed by atoms with Crippen molar-refractivity contribution in [3.63, 3.8) is 0 Å². The highest BCUT2D eigenvalue weighted by atomic mass is 16.5. The molecule has 0 amide bonds. The van der Waals surface area contributed by atoms with Crippen molar-refractivity contribution in [2.24, 2.45) is 0 Å². The van der Waals surface area contributed by atoms with Gasteiger partial charge in [-0.1, -0.05) is 167 Å². The molecule has 9 aromatic rings. The Morgan fingerprint density at radius 2 is 1.02 bits per heavy atom. The van der Waals surface area contributed by atoms with Crippen LogP contribution in [-0.4, -0.2) is 0 Å². The number of hydrogen-bond acceptors (Lipinski definition) is 3. The van der Waals surface area contributed by atoms with Crippen LogP contribution in [0.3, 0.4) is 0 Å². The van der Waals surface area contributed by atoms with Crippen molar-refractivity contribution in [1.82, 2.24) is 0 Å². The molecular weight excluding hydrogens is 741 g/mol. The summed E-state index contributed by atoms with van der Waals surface area (Å²) in [5, 5.41) is 2.38. The summed E-state index contributed by atoms with van der Waals surface area (Å²) in [5.41, 5.74) is 19.3. The van der Waals surface area contributed by atoms with Crippen molar-refractivity contribution in [2.45, 2.75) is 38.5 Å². The first-order valence-corrected chi connectivity index (χ1v) is 21.3. The van der Waals surface area contributed by atoms with Crippen LogP contribution < -0.4 is 14.5 Å². The lowest BCUT2D eigenvalue weighted by molar-refractivity contribution is 0.472. The van der Waals surface area contributed by atoms with Gasteiger partial charge in [-0.15, -0.1) is 0 Å². The Kier molecular flexibility index (Phi) is 7.62. The molecule has 2 aliphatic heterocycles. The molecular formula is C58H44N2O. The summed E-state index contributed by atoms with van der Waals surface area (Å²) in [4.78, 5) is 4.84. The zero-order chi connectivity index (χ0) is 41.0. The Labute approximate surface area is 357 Å². The Morgan fingerprint density at radius 3 is 1.84 bits per heavy atom. The second kappa shape index (κ2) is 13.1. The van der Waals surface area contributed by atoms with Crippen LogP contribution in [0.1, 0.15) is 49.9 Å². The van der Waals surface area contributed by atoms with Crippen LogP contribution in [0.4, 0.5) is 34.1 Å². The Balaban J connectivity index is 0.911. The minimum Gasteiger partial charge on any atom is -0.453 e. The molecule has 61 heavy (non-hydrogen) atoms. The number of ether oxygens (including phenoxy) is 1. The molecule has 0 radical (unpaired) electrons. The second-order valence-electron chi connectivity index (χ2n) is 17.7. The number of nitrogens with zero attached hydrogens (tertiary/aromatic N) is 2. The highest BCUT2D eigenvalue weighted by molar-refractivity contribution is 6.06. The van der Waals surface area contributed by atoms with Gasteiger partial charge in [-0.05, 0) is 116 Å². The molecule has 3 aliphatic rings. The fraction of sp³-hybridized carbons (Fsp3) is 0.103. The molecule has 3 nitrogen and oxygen atoms in total. The van der Waals surface area contributed by atoms with E-state index in [4.69, 9.17) is 4.74 Å². The van der Waals surface area contributed by atoms with Crippen LogP contribution in [0.5, 0.6) is 11.5 Å². The molecule has 0 saturated heterocycles. The summed E-state index contributed by atoms with van der Waals surface area (Å²) in [7, 11) is 0. The van der Waals surface area contributed by atoms with E-state index in [9.17, 15) is 0 Å². The number of benzene rings is 9. The minimum absolute atomic E-state index is 0.0774. The number of anilines is 6. The average Bonchev–Trinajstić information content (AvgIpc) is 3.53. The molecule has 0 atom stereocenters. The van der Waals surface area contributed by atoms with Crippen LogP contribution in [0, 0.1) is 0 Å². The summed E-state index contributed by atoms with van der Waals surface area (Å²) < 4.78 is 6.67. The SMILES string of the molecule is CC1(C)c2ccccc2-c2ccc(N(c3ccccc3)c3ccc(-c4ccc(-c5cccc6c5C(C)(C)c5cccc7c5N6c5c(ccc6ccccc56)O7)cc4)cc3)cc21. The van der Waals surface area contributed by atoms with Crippen molar-refractivity contribution in [2.75, 3.05) is 9.80 Å². The van der Waals surface area contributed by atoms with Crippen molar-refractivity contribution in [3.8, 4) is 44.9 Å². The van der Waals surface area contributed by atoms with Crippen LogP contribution in [0.2, 0.25) is 0 Å². The van der Waals surface area contributed by atoms with E-state index >= 15 is 0 Å². The van der Waals surface area contributed by atoms with E-state index in [-0.39, 0.29) is 10.8 Å². The summed E-state index contributed by atoms with van der Waals surface area (Å²) in [5.74, 6) is 1.78. The lowest BCUT2D eigenvalue weighted by Gasteiger charge is -2.46. The van der Waals surface area contributed by atoms with Crippen molar-refractivity contribution >= 4 is 44.9 Å². The molecule has 0 spiro atoms. The maximum atomic E-state index is 6.67. The lowest BCUT2D eigenvalue weighted by atomic mass is 9.70. The molecule has 2 heterocycles. The van der Waals surface area contributed by atoms with E-state index in [0.29, 0.717) is 0 Å². The largest absolute Gasteiger partial charge is 0.453 e. The predicted octanol–water partition coefficient (Wildman–Crippen LogP) is 16.2. The molecule has 0 unspecified atom stereocenters. The zero-order valence-corrected chi connectivity index (χ0v) is 34.8. The van der Waals surface area contributed by atoms with Gasteiger partial charge in [-0.3, -0.25) is 0 Å². The van der Waals surface area contributed by atoms with Gasteiger partial charge < -0.3 is 14.5 Å². The number of rotatable bonds is 5. The summed E-state index contributed by atoms with van der Waals surface area (Å²) >= 11 is 0. The van der Waals surface area contributed by atoms with E-state index in [0.717, 1.165) is 39.9 Å². The normalized spacial score (nSPS) is 14.6. The van der Waals surface area contributed by atoms with Gasteiger partial charge in [0.15, 0.2) is 11.5 Å². The average molecular weight is 785 g/mol. The molecule has 0 bridgehead atoms. The van der Waals surface area contributed by atoms with E-state index in [1.165, 1.54) is 72.1 Å². The second-order valence-corrected chi connectivity index (χ2v) is 17.7. The molecule has 0 aromatic heterocycles. The van der Waals surface area contributed by atoms with Gasteiger partial charge in [0, 0.05) is 33.3 Å². The van der Waals surface area contributed by atoms with E-state index in [1.807, 2.05) is 0 Å². The number of hydrogen-bond donors (Lipinski definition) is 0. The first-order chi connectivity index (χ1) is 29.8. The van der Waals surface area contributed by atoms with Gasteiger partial charge in [0.25, 0.3) is 0 Å². The predicted molar refractivity (Wildman–Crippen MR) is 254 cm³/mol. The third-order valence-corrected chi connectivity index (χ3v) is 13.6. The number of para-hydroxylation sites is 2. The van der Waals surface area contributed by atoms with E-state index in [2.05, 4.69) is 232 Å². The highest BCUT2D eigenvalue weighted by Crippen LogP contribution is 2.62. The van der Waals surface area contributed by atoms with Gasteiger partial charge >= 0.3 is 0 Å². The quantitative estimate of drug-likeness (QED) is 0.173. The third kappa shape index (κ3) is 5.23. The van der Waals surface area contributed by atoms with Crippen molar-refractivity contribution in [3.05, 3.63) is 216 Å². The summed E-state index contributed by atoms with van der Waals surface area (Å²) in [6, 6.07) is 71.0. The van der Waals surface area contributed by atoms with Crippen LogP contribution in [0.15, 0.2) is 194 Å². The van der Waals surface area contributed by atoms with Gasteiger partial charge in [0.1, 0.15) is 0 Å². The summed E-state index contributed by atoms with van der Waals surface area (Å²) in [6.07, 6.45) is 0. The van der Waals surface area contributed by atoms with E-state index < -0.39 is 0 Å². The standard InChI is InChI=1S/C58H44N2O/c1-57(2)48-20-11-10-18-46(48)47-34-33-43(36-50(47)57)59(41-15-6-5-7-16-41)42-31-28-38(29-32-42)37-24-26-40(27-25-37)44-19-12-22-51-54(44)58(3,4)49-21-13-23-52-56(49)60(51)55-45-17-9-8-14-39(45)30-35-53(55)61-52/h5-36H,1-4H3.